The number of benzene rings is 1. The van der Waals surface area contributed by atoms with Crippen LogP contribution in [0.25, 0.3) is 0 Å². The summed E-state index contributed by atoms with van der Waals surface area (Å²) in [5, 5.41) is 6.15. The Labute approximate surface area is 156 Å². The number of carbonyl (C=O) groups excluding carboxylic acids is 1. The quantitative estimate of drug-likeness (QED) is 0.672. The Kier molecular flexibility index (Phi) is 4.59. The van der Waals surface area contributed by atoms with Crippen molar-refractivity contribution in [2.75, 3.05) is 11.4 Å². The molecule has 0 spiro atoms. The lowest BCUT2D eigenvalue weighted by molar-refractivity contribution is -0.117. The molecule has 3 aromatic rings. The third-order valence-electron chi connectivity index (χ3n) is 4.75. The van der Waals surface area contributed by atoms with Crippen LogP contribution >= 0.6 is 11.3 Å². The molecule has 1 atom stereocenters. The molecular weight excluding hydrogens is 346 g/mol. The number of thiophene rings is 1. The Morgan fingerprint density at radius 2 is 2.08 bits per heavy atom. The van der Waals surface area contributed by atoms with E-state index in [4.69, 9.17) is 4.52 Å². The first-order valence-corrected chi connectivity index (χ1v) is 9.73. The summed E-state index contributed by atoms with van der Waals surface area (Å²) < 4.78 is 5.38. The second-order valence-corrected chi connectivity index (χ2v) is 7.99. The Morgan fingerprint density at radius 3 is 2.77 bits per heavy atom. The van der Waals surface area contributed by atoms with Gasteiger partial charge in [0, 0.05) is 29.4 Å². The minimum absolute atomic E-state index is 0.0203. The Morgan fingerprint density at radius 1 is 1.27 bits per heavy atom. The van der Waals surface area contributed by atoms with Crippen molar-refractivity contribution in [3.05, 3.63) is 63.9 Å². The zero-order valence-corrected chi connectivity index (χ0v) is 15.7. The number of rotatable bonds is 5. The lowest BCUT2D eigenvalue weighted by Crippen LogP contribution is -2.24. The number of nitrogens with zero attached hydrogens (tertiary/aromatic N) is 3. The third-order valence-corrected chi connectivity index (χ3v) is 5.63. The first-order valence-electron chi connectivity index (χ1n) is 8.85. The highest BCUT2D eigenvalue weighted by Gasteiger charge is 2.34. The molecule has 0 bridgehead atoms. The van der Waals surface area contributed by atoms with Crippen molar-refractivity contribution in [2.45, 2.75) is 38.5 Å². The molecule has 134 valence electrons. The van der Waals surface area contributed by atoms with Crippen LogP contribution < -0.4 is 4.90 Å². The largest absolute Gasteiger partial charge is 0.339 e. The second-order valence-electron chi connectivity index (χ2n) is 6.95. The SMILES string of the molecule is CC(C)c1ccc(N2CC(c3noc(Cc4cccs4)n3)CC2=O)cc1. The number of hydrogen-bond donors (Lipinski definition) is 0. The predicted octanol–water partition coefficient (Wildman–Crippen LogP) is 4.37. The Hall–Kier alpha value is -2.47. The van der Waals surface area contributed by atoms with Gasteiger partial charge in [0.25, 0.3) is 0 Å². The van der Waals surface area contributed by atoms with E-state index in [2.05, 4.69) is 42.2 Å². The van der Waals surface area contributed by atoms with Gasteiger partial charge in [0.1, 0.15) is 0 Å². The molecule has 0 aliphatic carbocycles. The van der Waals surface area contributed by atoms with E-state index in [0.29, 0.717) is 37.0 Å². The van der Waals surface area contributed by atoms with Gasteiger partial charge in [0.05, 0.1) is 6.42 Å². The molecule has 26 heavy (non-hydrogen) atoms. The van der Waals surface area contributed by atoms with E-state index in [-0.39, 0.29) is 11.8 Å². The van der Waals surface area contributed by atoms with Gasteiger partial charge in [-0.05, 0) is 35.1 Å². The monoisotopic (exact) mass is 367 g/mol. The highest BCUT2D eigenvalue weighted by Crippen LogP contribution is 2.31. The van der Waals surface area contributed by atoms with Crippen LogP contribution in [0.1, 0.15) is 54.3 Å². The fourth-order valence-corrected chi connectivity index (χ4v) is 3.93. The van der Waals surface area contributed by atoms with E-state index in [9.17, 15) is 4.79 Å². The predicted molar refractivity (Wildman–Crippen MR) is 102 cm³/mol. The molecule has 1 aromatic carbocycles. The molecule has 2 aromatic heterocycles. The van der Waals surface area contributed by atoms with Crippen LogP contribution in [0.3, 0.4) is 0 Å². The summed E-state index contributed by atoms with van der Waals surface area (Å²) >= 11 is 1.67. The highest BCUT2D eigenvalue weighted by molar-refractivity contribution is 7.09. The second kappa shape index (κ2) is 7.03. The number of carbonyl (C=O) groups is 1. The normalized spacial score (nSPS) is 17.4. The zero-order valence-electron chi connectivity index (χ0n) is 14.9. The maximum absolute atomic E-state index is 12.5. The molecule has 1 aliphatic heterocycles. The minimum atomic E-state index is -0.0203. The minimum Gasteiger partial charge on any atom is -0.339 e. The summed E-state index contributed by atoms with van der Waals surface area (Å²) in [5.74, 6) is 1.80. The van der Waals surface area contributed by atoms with Crippen LogP contribution in [0.5, 0.6) is 0 Å². The van der Waals surface area contributed by atoms with E-state index >= 15 is 0 Å². The molecule has 6 heteroatoms. The highest BCUT2D eigenvalue weighted by atomic mass is 32.1. The number of amides is 1. The first-order chi connectivity index (χ1) is 12.6. The van der Waals surface area contributed by atoms with Crippen molar-refractivity contribution >= 4 is 22.9 Å². The molecule has 0 N–H and O–H groups in total. The van der Waals surface area contributed by atoms with Crippen LogP contribution in [0, 0.1) is 0 Å². The lowest BCUT2D eigenvalue weighted by Gasteiger charge is -2.17. The first kappa shape index (κ1) is 17.0. The molecule has 4 rings (SSSR count). The number of anilines is 1. The van der Waals surface area contributed by atoms with Gasteiger partial charge in [-0.15, -0.1) is 11.3 Å². The number of hydrogen-bond acceptors (Lipinski definition) is 5. The van der Waals surface area contributed by atoms with Gasteiger partial charge < -0.3 is 9.42 Å². The summed E-state index contributed by atoms with van der Waals surface area (Å²) in [5.41, 5.74) is 2.21. The van der Waals surface area contributed by atoms with Crippen LogP contribution in [0.4, 0.5) is 5.69 Å². The van der Waals surface area contributed by atoms with Gasteiger partial charge in [-0.25, -0.2) is 0 Å². The topological polar surface area (TPSA) is 59.2 Å². The van der Waals surface area contributed by atoms with Gasteiger partial charge in [-0.3, -0.25) is 4.79 Å². The van der Waals surface area contributed by atoms with Crippen molar-refractivity contribution < 1.29 is 9.32 Å². The summed E-state index contributed by atoms with van der Waals surface area (Å²) in [6.07, 6.45) is 1.07. The van der Waals surface area contributed by atoms with E-state index in [1.54, 1.807) is 11.3 Å². The smallest absolute Gasteiger partial charge is 0.231 e. The fourth-order valence-electron chi connectivity index (χ4n) is 3.24. The Balaban J connectivity index is 1.46. The van der Waals surface area contributed by atoms with Crippen LogP contribution in [0.15, 0.2) is 46.3 Å². The van der Waals surface area contributed by atoms with Crippen molar-refractivity contribution in [3.8, 4) is 0 Å². The molecule has 1 amide bonds. The summed E-state index contributed by atoms with van der Waals surface area (Å²) in [7, 11) is 0. The summed E-state index contributed by atoms with van der Waals surface area (Å²) in [6, 6.07) is 12.3. The molecule has 1 aliphatic rings. The summed E-state index contributed by atoms with van der Waals surface area (Å²) in [4.78, 5) is 20.0. The van der Waals surface area contributed by atoms with Gasteiger partial charge in [0.2, 0.25) is 11.8 Å². The van der Waals surface area contributed by atoms with E-state index in [0.717, 1.165) is 5.69 Å². The maximum Gasteiger partial charge on any atom is 0.231 e. The maximum atomic E-state index is 12.5. The van der Waals surface area contributed by atoms with E-state index in [1.807, 2.05) is 28.5 Å². The molecule has 1 saturated heterocycles. The molecule has 0 radical (unpaired) electrons. The van der Waals surface area contributed by atoms with E-state index < -0.39 is 0 Å². The molecule has 1 unspecified atom stereocenters. The summed E-state index contributed by atoms with van der Waals surface area (Å²) in [6.45, 7) is 4.92. The lowest BCUT2D eigenvalue weighted by atomic mass is 10.0. The average Bonchev–Trinajstić information content (AvgIpc) is 3.37. The van der Waals surface area contributed by atoms with Gasteiger partial charge >= 0.3 is 0 Å². The van der Waals surface area contributed by atoms with Crippen LogP contribution in [0.2, 0.25) is 0 Å². The fraction of sp³-hybridized carbons (Fsp3) is 0.350. The van der Waals surface area contributed by atoms with Crippen molar-refractivity contribution in [2.24, 2.45) is 0 Å². The van der Waals surface area contributed by atoms with Gasteiger partial charge in [-0.1, -0.05) is 37.2 Å². The standard InChI is InChI=1S/C20H21N3O2S/c1-13(2)14-5-7-16(8-6-14)23-12-15(10-19(23)24)20-21-18(25-22-20)11-17-4-3-9-26-17/h3-9,13,15H,10-12H2,1-2H3. The molecule has 1 fully saturated rings. The van der Waals surface area contributed by atoms with Crippen molar-refractivity contribution in [1.82, 2.24) is 10.1 Å². The number of aromatic nitrogens is 2. The van der Waals surface area contributed by atoms with Crippen molar-refractivity contribution in [1.29, 1.82) is 0 Å². The molecule has 5 nitrogen and oxygen atoms in total. The Bertz CT molecular complexity index is 884. The van der Waals surface area contributed by atoms with Crippen LogP contribution in [-0.2, 0) is 11.2 Å². The molecule has 3 heterocycles. The molecule has 0 saturated carbocycles. The van der Waals surface area contributed by atoms with Crippen molar-refractivity contribution in [3.63, 3.8) is 0 Å². The van der Waals surface area contributed by atoms with E-state index in [1.165, 1.54) is 10.4 Å². The van der Waals surface area contributed by atoms with Gasteiger partial charge in [-0.2, -0.15) is 4.98 Å². The molecular formula is C20H21N3O2S. The third kappa shape index (κ3) is 3.42. The van der Waals surface area contributed by atoms with Gasteiger partial charge in [0.15, 0.2) is 5.82 Å². The van der Waals surface area contributed by atoms with Crippen LogP contribution in [-0.4, -0.2) is 22.6 Å². The zero-order chi connectivity index (χ0) is 18.1. The average molecular weight is 367 g/mol.